The van der Waals surface area contributed by atoms with Crippen LogP contribution in [0.25, 0.3) is 0 Å². The normalized spacial score (nSPS) is 11.0. The van der Waals surface area contributed by atoms with E-state index < -0.39 is 28.9 Å². The van der Waals surface area contributed by atoms with Crippen molar-refractivity contribution in [1.29, 1.82) is 0 Å². The van der Waals surface area contributed by atoms with Crippen LogP contribution in [0, 0.1) is 24.0 Å². The Bertz CT molecular complexity index is 788. The number of hydrogen-bond acceptors (Lipinski definition) is 2. The van der Waals surface area contributed by atoms with Crippen molar-refractivity contribution < 1.29 is 18.4 Å². The summed E-state index contributed by atoms with van der Waals surface area (Å²) in [6, 6.07) is 10.2. The molecule has 4 nitrogen and oxygen atoms in total. The second kappa shape index (κ2) is 6.78. The van der Waals surface area contributed by atoms with E-state index in [1.807, 2.05) is 19.1 Å². The molecule has 2 aromatic carbocycles. The van der Waals surface area contributed by atoms with Gasteiger partial charge in [0.25, 0.3) is 0 Å². The van der Waals surface area contributed by atoms with E-state index in [-0.39, 0.29) is 5.69 Å². The maximum atomic E-state index is 13.2. The minimum atomic E-state index is -1.41. The highest BCUT2D eigenvalue weighted by atomic mass is 19.2. The molecule has 0 atom stereocenters. The predicted octanol–water partition coefficient (Wildman–Crippen LogP) is 3.88. The zero-order chi connectivity index (χ0) is 17.9. The van der Waals surface area contributed by atoms with Gasteiger partial charge in [0.2, 0.25) is 11.8 Å². The zero-order valence-corrected chi connectivity index (χ0v) is 13.6. The number of amides is 2. The lowest BCUT2D eigenvalue weighted by molar-refractivity contribution is -0.135. The first-order valence-electron chi connectivity index (χ1n) is 7.35. The summed E-state index contributed by atoms with van der Waals surface area (Å²) < 4.78 is 26.1. The van der Waals surface area contributed by atoms with Crippen molar-refractivity contribution in [3.63, 3.8) is 0 Å². The van der Waals surface area contributed by atoms with Crippen molar-refractivity contribution in [1.82, 2.24) is 0 Å². The monoisotopic (exact) mass is 332 g/mol. The molecule has 0 saturated heterocycles. The standard InChI is InChI=1S/C18H18F2N2O2/c1-11-6-4-5-7-15(11)22-17(24)18(2,3)16(23)21-12-8-9-13(19)14(20)10-12/h4-10H,1-3H3,(H,21,23)(H,22,24). The van der Waals surface area contributed by atoms with Crippen molar-refractivity contribution in [2.75, 3.05) is 10.6 Å². The summed E-state index contributed by atoms with van der Waals surface area (Å²) in [7, 11) is 0. The number of nitrogens with one attached hydrogen (secondary N) is 2. The lowest BCUT2D eigenvalue weighted by atomic mass is 9.90. The summed E-state index contributed by atoms with van der Waals surface area (Å²) in [5.74, 6) is -3.21. The van der Waals surface area contributed by atoms with Gasteiger partial charge in [0.15, 0.2) is 11.6 Å². The van der Waals surface area contributed by atoms with Crippen molar-refractivity contribution in [3.05, 3.63) is 59.7 Å². The second-order valence-corrected chi connectivity index (χ2v) is 5.98. The smallest absolute Gasteiger partial charge is 0.239 e. The molecule has 0 aliphatic heterocycles. The van der Waals surface area contributed by atoms with E-state index in [1.54, 1.807) is 12.1 Å². The molecule has 0 bridgehead atoms. The fourth-order valence-electron chi connectivity index (χ4n) is 1.96. The van der Waals surface area contributed by atoms with Crippen LogP contribution in [0.4, 0.5) is 20.2 Å². The molecule has 0 aliphatic carbocycles. The van der Waals surface area contributed by atoms with Crippen LogP contribution >= 0.6 is 0 Å². The summed E-state index contributed by atoms with van der Waals surface area (Å²) in [6.07, 6.45) is 0. The van der Waals surface area contributed by atoms with Crippen molar-refractivity contribution in [2.45, 2.75) is 20.8 Å². The second-order valence-electron chi connectivity index (χ2n) is 5.98. The molecule has 24 heavy (non-hydrogen) atoms. The molecule has 0 spiro atoms. The van der Waals surface area contributed by atoms with Gasteiger partial charge in [0.05, 0.1) is 0 Å². The molecular weight excluding hydrogens is 314 g/mol. The lowest BCUT2D eigenvalue weighted by Gasteiger charge is -2.23. The molecule has 2 aromatic rings. The number of hydrogen-bond donors (Lipinski definition) is 2. The van der Waals surface area contributed by atoms with Gasteiger partial charge >= 0.3 is 0 Å². The van der Waals surface area contributed by atoms with Crippen LogP contribution in [-0.2, 0) is 9.59 Å². The predicted molar refractivity (Wildman–Crippen MR) is 88.6 cm³/mol. The van der Waals surface area contributed by atoms with Crippen LogP contribution in [0.2, 0.25) is 0 Å². The minimum Gasteiger partial charge on any atom is -0.325 e. The van der Waals surface area contributed by atoms with E-state index in [4.69, 9.17) is 0 Å². The SMILES string of the molecule is Cc1ccccc1NC(=O)C(C)(C)C(=O)Nc1ccc(F)c(F)c1. The van der Waals surface area contributed by atoms with Crippen molar-refractivity contribution in [2.24, 2.45) is 5.41 Å². The summed E-state index contributed by atoms with van der Waals surface area (Å²) in [6.45, 7) is 4.75. The molecule has 0 radical (unpaired) electrons. The van der Waals surface area contributed by atoms with Crippen LogP contribution < -0.4 is 10.6 Å². The summed E-state index contributed by atoms with van der Waals surface area (Å²) in [5.41, 5.74) is 0.141. The Morgan fingerprint density at radius 1 is 0.917 bits per heavy atom. The Hall–Kier alpha value is -2.76. The molecule has 2 amide bonds. The first-order chi connectivity index (χ1) is 11.2. The molecule has 0 heterocycles. The van der Waals surface area contributed by atoms with E-state index in [9.17, 15) is 18.4 Å². The maximum absolute atomic E-state index is 13.2. The number of anilines is 2. The molecule has 2 rings (SSSR count). The number of carbonyl (C=O) groups excluding carboxylic acids is 2. The van der Waals surface area contributed by atoms with E-state index in [1.165, 1.54) is 19.9 Å². The van der Waals surface area contributed by atoms with Gasteiger partial charge < -0.3 is 10.6 Å². The number of para-hydroxylation sites is 1. The van der Waals surface area contributed by atoms with Gasteiger partial charge in [-0.05, 0) is 44.5 Å². The van der Waals surface area contributed by atoms with Crippen molar-refractivity contribution >= 4 is 23.2 Å². The van der Waals surface area contributed by atoms with Gasteiger partial charge in [-0.25, -0.2) is 8.78 Å². The van der Waals surface area contributed by atoms with Crippen LogP contribution in [0.15, 0.2) is 42.5 Å². The van der Waals surface area contributed by atoms with E-state index in [0.29, 0.717) is 5.69 Å². The maximum Gasteiger partial charge on any atom is 0.239 e. The van der Waals surface area contributed by atoms with Gasteiger partial charge in [-0.2, -0.15) is 0 Å². The molecule has 0 aliphatic rings. The lowest BCUT2D eigenvalue weighted by Crippen LogP contribution is -2.41. The first-order valence-corrected chi connectivity index (χ1v) is 7.35. The van der Waals surface area contributed by atoms with Crippen molar-refractivity contribution in [3.8, 4) is 0 Å². The third-order valence-electron chi connectivity index (χ3n) is 3.71. The zero-order valence-electron chi connectivity index (χ0n) is 13.6. The van der Waals surface area contributed by atoms with Crippen LogP contribution in [0.1, 0.15) is 19.4 Å². The largest absolute Gasteiger partial charge is 0.325 e. The van der Waals surface area contributed by atoms with E-state index in [0.717, 1.165) is 17.7 Å². The third-order valence-corrected chi connectivity index (χ3v) is 3.71. The highest BCUT2D eigenvalue weighted by Gasteiger charge is 2.36. The number of aryl methyl sites for hydroxylation is 1. The fourth-order valence-corrected chi connectivity index (χ4v) is 1.96. The molecule has 2 N–H and O–H groups in total. The molecule has 0 unspecified atom stereocenters. The third kappa shape index (κ3) is 3.76. The number of benzene rings is 2. The Labute approximate surface area is 138 Å². The van der Waals surface area contributed by atoms with Crippen LogP contribution in [0.5, 0.6) is 0 Å². The van der Waals surface area contributed by atoms with E-state index >= 15 is 0 Å². The average Bonchev–Trinajstić information content (AvgIpc) is 2.53. The van der Waals surface area contributed by atoms with Crippen LogP contribution in [0.3, 0.4) is 0 Å². The van der Waals surface area contributed by atoms with E-state index in [2.05, 4.69) is 10.6 Å². The van der Waals surface area contributed by atoms with Gasteiger partial charge in [-0.15, -0.1) is 0 Å². The first kappa shape index (κ1) is 17.6. The highest BCUT2D eigenvalue weighted by molar-refractivity contribution is 6.14. The Kier molecular flexibility index (Phi) is 4.97. The summed E-state index contributed by atoms with van der Waals surface area (Å²) >= 11 is 0. The average molecular weight is 332 g/mol. The summed E-state index contributed by atoms with van der Waals surface area (Å²) in [5, 5.41) is 5.13. The van der Waals surface area contributed by atoms with Gasteiger partial charge in [-0.1, -0.05) is 18.2 Å². The molecule has 0 fully saturated rings. The van der Waals surface area contributed by atoms with Gasteiger partial charge in [0.1, 0.15) is 5.41 Å². The van der Waals surface area contributed by atoms with Gasteiger partial charge in [0, 0.05) is 17.4 Å². The quantitative estimate of drug-likeness (QED) is 0.835. The highest BCUT2D eigenvalue weighted by Crippen LogP contribution is 2.23. The Balaban J connectivity index is 2.13. The fraction of sp³-hybridized carbons (Fsp3) is 0.222. The topological polar surface area (TPSA) is 58.2 Å². The van der Waals surface area contributed by atoms with Crippen LogP contribution in [-0.4, -0.2) is 11.8 Å². The summed E-state index contributed by atoms with van der Waals surface area (Å²) in [4.78, 5) is 24.8. The van der Waals surface area contributed by atoms with Gasteiger partial charge in [-0.3, -0.25) is 9.59 Å². The molecular formula is C18H18F2N2O2. The Morgan fingerprint density at radius 2 is 1.54 bits per heavy atom. The number of rotatable bonds is 4. The molecule has 6 heteroatoms. The molecule has 0 saturated carbocycles. The minimum absolute atomic E-state index is 0.0793. The molecule has 0 aromatic heterocycles. The molecule has 126 valence electrons. The Morgan fingerprint density at radius 3 is 2.17 bits per heavy atom. The number of halogens is 2. The number of carbonyl (C=O) groups is 2.